The van der Waals surface area contributed by atoms with Crippen LogP contribution in [0, 0.1) is 16.5 Å². The monoisotopic (exact) mass is 223 g/mol. The van der Waals surface area contributed by atoms with Gasteiger partial charge < -0.3 is 5.21 Å². The molecule has 0 saturated heterocycles. The predicted molar refractivity (Wildman–Crippen MR) is 63.0 cm³/mol. The van der Waals surface area contributed by atoms with Gasteiger partial charge in [0.05, 0.1) is 5.56 Å². The topological polar surface area (TPSA) is 62.2 Å². The third-order valence-corrected chi connectivity index (χ3v) is 2.20. The van der Waals surface area contributed by atoms with Crippen molar-refractivity contribution >= 4 is 11.4 Å². The molecule has 0 spiro atoms. The number of hydrogen-bond donors (Lipinski definition) is 0. The maximum Gasteiger partial charge on any atom is 0.244 e. The molecule has 0 unspecified atom stereocenters. The van der Waals surface area contributed by atoms with E-state index in [1.807, 2.05) is 12.1 Å². The molecule has 0 radical (unpaired) electrons. The third-order valence-electron chi connectivity index (χ3n) is 2.20. The Labute approximate surface area is 98.7 Å². The maximum atomic E-state index is 11.7. The molecule has 0 aliphatic carbocycles. The number of benzene rings is 2. The molecule has 0 heterocycles. The molecule has 4 nitrogen and oxygen atoms in total. The Bertz CT molecular complexity index is 585. The molecule has 2 aromatic rings. The van der Waals surface area contributed by atoms with E-state index in [4.69, 9.17) is 5.26 Å². The molecule has 0 N–H and O–H groups in total. The Balaban J connectivity index is 2.41. The van der Waals surface area contributed by atoms with Gasteiger partial charge in [0.2, 0.25) is 5.69 Å². The minimum Gasteiger partial charge on any atom is -0.594 e. The van der Waals surface area contributed by atoms with E-state index in [1.54, 1.807) is 48.5 Å². The summed E-state index contributed by atoms with van der Waals surface area (Å²) in [6.07, 6.45) is 0. The molecule has 0 aliphatic rings. The van der Waals surface area contributed by atoms with Crippen LogP contribution in [0.5, 0.6) is 0 Å². The first kappa shape index (κ1) is 10.8. The van der Waals surface area contributed by atoms with E-state index in [0.717, 1.165) is 0 Å². The molecule has 2 rings (SSSR count). The van der Waals surface area contributed by atoms with Crippen LogP contribution in [-0.4, -0.2) is 4.86 Å². The van der Waals surface area contributed by atoms with Crippen molar-refractivity contribution in [3.63, 3.8) is 0 Å². The fourth-order valence-corrected chi connectivity index (χ4v) is 1.37. The molecular weight excluding hydrogens is 214 g/mol. The third kappa shape index (κ3) is 2.47. The highest BCUT2D eigenvalue weighted by molar-refractivity contribution is 5.52. The lowest BCUT2D eigenvalue weighted by Crippen LogP contribution is -1.90. The SMILES string of the molecule is N#Cc1ccccc1N=[N+]([O-])c1ccccc1. The lowest BCUT2D eigenvalue weighted by atomic mass is 10.2. The Morgan fingerprint density at radius 2 is 1.65 bits per heavy atom. The van der Waals surface area contributed by atoms with Gasteiger partial charge >= 0.3 is 0 Å². The smallest absolute Gasteiger partial charge is 0.244 e. The van der Waals surface area contributed by atoms with Crippen molar-refractivity contribution in [3.8, 4) is 6.07 Å². The molecule has 4 heteroatoms. The first-order valence-corrected chi connectivity index (χ1v) is 5.04. The van der Waals surface area contributed by atoms with E-state index in [2.05, 4.69) is 5.11 Å². The van der Waals surface area contributed by atoms with Gasteiger partial charge in [0, 0.05) is 17.2 Å². The van der Waals surface area contributed by atoms with Gasteiger partial charge in [-0.05, 0) is 12.1 Å². The second-order valence-corrected chi connectivity index (χ2v) is 3.34. The molecular formula is C13H9N3O. The Hall–Kier alpha value is -2.67. The maximum absolute atomic E-state index is 11.7. The summed E-state index contributed by atoms with van der Waals surface area (Å²) in [7, 11) is 0. The highest BCUT2D eigenvalue weighted by atomic mass is 16.5. The van der Waals surface area contributed by atoms with E-state index < -0.39 is 0 Å². The highest BCUT2D eigenvalue weighted by Crippen LogP contribution is 2.20. The average molecular weight is 223 g/mol. The van der Waals surface area contributed by atoms with Crippen LogP contribution >= 0.6 is 0 Å². The minimum atomic E-state index is 0.369. The summed E-state index contributed by atoms with van der Waals surface area (Å²) < 4.78 is 0. The van der Waals surface area contributed by atoms with E-state index in [0.29, 0.717) is 21.8 Å². The highest BCUT2D eigenvalue weighted by Gasteiger charge is 2.05. The molecule has 17 heavy (non-hydrogen) atoms. The summed E-state index contributed by atoms with van der Waals surface area (Å²) >= 11 is 0. The van der Waals surface area contributed by atoms with Crippen molar-refractivity contribution in [1.82, 2.24) is 0 Å². The molecule has 0 amide bonds. The summed E-state index contributed by atoms with van der Waals surface area (Å²) in [6.45, 7) is 0. The Kier molecular flexibility index (Phi) is 3.13. The molecule has 82 valence electrons. The summed E-state index contributed by atoms with van der Waals surface area (Å²) in [5.41, 5.74) is 1.18. The van der Waals surface area contributed by atoms with Crippen LogP contribution in [0.2, 0.25) is 0 Å². The quantitative estimate of drug-likeness (QED) is 0.444. The minimum absolute atomic E-state index is 0.369. The van der Waals surface area contributed by atoms with Gasteiger partial charge in [-0.1, -0.05) is 35.2 Å². The van der Waals surface area contributed by atoms with Crippen LogP contribution in [0.1, 0.15) is 5.56 Å². The summed E-state index contributed by atoms with van der Waals surface area (Å²) in [5.74, 6) is 0. The van der Waals surface area contributed by atoms with Crippen molar-refractivity contribution in [2.75, 3.05) is 0 Å². The molecule has 0 saturated carbocycles. The van der Waals surface area contributed by atoms with E-state index >= 15 is 0 Å². The van der Waals surface area contributed by atoms with E-state index in [9.17, 15) is 5.21 Å². The molecule has 0 bridgehead atoms. The zero-order valence-electron chi connectivity index (χ0n) is 8.95. The number of nitriles is 1. The second kappa shape index (κ2) is 4.90. The summed E-state index contributed by atoms with van der Waals surface area (Å²) in [4.78, 5) is 0.510. The number of hydrogen-bond acceptors (Lipinski definition) is 3. The normalized spacial score (nSPS) is 10.9. The second-order valence-electron chi connectivity index (χ2n) is 3.34. The summed E-state index contributed by atoms with van der Waals surface area (Å²) in [6, 6.07) is 17.4. The van der Waals surface area contributed by atoms with Crippen molar-refractivity contribution in [1.29, 1.82) is 5.26 Å². The Morgan fingerprint density at radius 3 is 2.35 bits per heavy atom. The van der Waals surface area contributed by atoms with Crippen LogP contribution in [0.25, 0.3) is 0 Å². The van der Waals surface area contributed by atoms with Crippen LogP contribution < -0.4 is 0 Å². The van der Waals surface area contributed by atoms with Crippen molar-refractivity contribution in [3.05, 3.63) is 65.4 Å². The lowest BCUT2D eigenvalue weighted by Gasteiger charge is -1.99. The number of nitrogens with zero attached hydrogens (tertiary/aromatic N) is 3. The molecule has 0 atom stereocenters. The van der Waals surface area contributed by atoms with Gasteiger partial charge in [-0.3, -0.25) is 0 Å². The first-order chi connectivity index (χ1) is 8.31. The van der Waals surface area contributed by atoms with Gasteiger partial charge in [0.1, 0.15) is 11.8 Å². The summed E-state index contributed by atoms with van der Waals surface area (Å²) in [5, 5.41) is 24.4. The van der Waals surface area contributed by atoms with Crippen molar-refractivity contribution in [2.24, 2.45) is 5.11 Å². The van der Waals surface area contributed by atoms with Crippen LogP contribution in [0.15, 0.2) is 59.7 Å². The largest absolute Gasteiger partial charge is 0.594 e. The van der Waals surface area contributed by atoms with Crippen LogP contribution in [0.4, 0.5) is 11.4 Å². The van der Waals surface area contributed by atoms with Gasteiger partial charge in [0.15, 0.2) is 0 Å². The Morgan fingerprint density at radius 1 is 1.00 bits per heavy atom. The number of para-hydroxylation sites is 1. The standard InChI is InChI=1S/C13H9N3O/c14-10-11-6-4-5-9-13(11)15-16(17)12-7-2-1-3-8-12/h1-9H. The van der Waals surface area contributed by atoms with Crippen LogP contribution in [-0.2, 0) is 0 Å². The molecule has 0 aliphatic heterocycles. The average Bonchev–Trinajstić information content (AvgIpc) is 2.40. The number of azo groups is 1. The van der Waals surface area contributed by atoms with Crippen molar-refractivity contribution in [2.45, 2.75) is 0 Å². The molecule has 2 aromatic carbocycles. The van der Waals surface area contributed by atoms with Crippen LogP contribution in [0.3, 0.4) is 0 Å². The molecule has 0 fully saturated rings. The fraction of sp³-hybridized carbons (Fsp3) is 0. The predicted octanol–water partition coefficient (Wildman–Crippen LogP) is 3.48. The zero-order chi connectivity index (χ0) is 12.1. The number of rotatable bonds is 2. The first-order valence-electron chi connectivity index (χ1n) is 5.04. The zero-order valence-corrected chi connectivity index (χ0v) is 8.95. The lowest BCUT2D eigenvalue weighted by molar-refractivity contribution is -0.435. The van der Waals surface area contributed by atoms with Gasteiger partial charge in [0.25, 0.3) is 0 Å². The molecule has 0 aromatic heterocycles. The van der Waals surface area contributed by atoms with E-state index in [-0.39, 0.29) is 0 Å². The van der Waals surface area contributed by atoms with Gasteiger partial charge in [-0.15, -0.1) is 0 Å². The fourth-order valence-electron chi connectivity index (χ4n) is 1.37. The van der Waals surface area contributed by atoms with E-state index in [1.165, 1.54) is 0 Å². The van der Waals surface area contributed by atoms with Gasteiger partial charge in [-0.2, -0.15) is 5.26 Å². The van der Waals surface area contributed by atoms with Crippen molar-refractivity contribution < 1.29 is 4.86 Å². The van der Waals surface area contributed by atoms with Gasteiger partial charge in [-0.25, -0.2) is 0 Å².